The molecule has 1 amide bonds. The third kappa shape index (κ3) is 7.08. The normalized spacial score (nSPS) is 15.2. The summed E-state index contributed by atoms with van der Waals surface area (Å²) >= 11 is 0. The molecule has 1 aliphatic heterocycles. The van der Waals surface area contributed by atoms with Crippen molar-refractivity contribution in [3.05, 3.63) is 65.2 Å². The third-order valence-electron chi connectivity index (χ3n) is 5.37. The standard InChI is InChI=1S/C24H30N2O5/c1-18(23(27)25-12-11-19-5-9-22(29-2)10-6-19)31-24(28)21-7-3-20(4-8-21)17-26-13-15-30-16-14-26/h3-10,18H,11-17H2,1-2H3,(H,25,27)/p+1/t18-/m1/s1. The smallest absolute Gasteiger partial charge is 0.338 e. The van der Waals surface area contributed by atoms with Crippen LogP contribution in [0.3, 0.4) is 0 Å². The molecular formula is C24H31N2O5+. The fourth-order valence-corrected chi connectivity index (χ4v) is 3.43. The van der Waals surface area contributed by atoms with Crippen LogP contribution in [-0.4, -0.2) is 57.9 Å². The van der Waals surface area contributed by atoms with Crippen molar-refractivity contribution in [3.8, 4) is 5.75 Å². The molecule has 0 aromatic heterocycles. The summed E-state index contributed by atoms with van der Waals surface area (Å²) in [6.07, 6.45) is -0.177. The Morgan fingerprint density at radius 1 is 1.03 bits per heavy atom. The van der Waals surface area contributed by atoms with Crippen molar-refractivity contribution in [2.45, 2.75) is 26.0 Å². The van der Waals surface area contributed by atoms with Gasteiger partial charge < -0.3 is 24.4 Å². The Morgan fingerprint density at radius 3 is 2.32 bits per heavy atom. The number of hydrogen-bond acceptors (Lipinski definition) is 5. The second kappa shape index (κ2) is 11.5. The van der Waals surface area contributed by atoms with Crippen LogP contribution in [0.25, 0.3) is 0 Å². The van der Waals surface area contributed by atoms with Gasteiger partial charge in [-0.3, -0.25) is 4.79 Å². The van der Waals surface area contributed by atoms with Crippen LogP contribution in [0.15, 0.2) is 48.5 Å². The molecule has 0 spiro atoms. The number of carbonyl (C=O) groups excluding carboxylic acids is 2. The molecule has 0 aliphatic carbocycles. The topological polar surface area (TPSA) is 78.3 Å². The van der Waals surface area contributed by atoms with E-state index in [4.69, 9.17) is 14.2 Å². The predicted octanol–water partition coefficient (Wildman–Crippen LogP) is 1.01. The van der Waals surface area contributed by atoms with Gasteiger partial charge in [0.1, 0.15) is 25.4 Å². The number of nitrogens with one attached hydrogen (secondary N) is 2. The fourth-order valence-electron chi connectivity index (χ4n) is 3.43. The molecule has 3 rings (SSSR count). The van der Waals surface area contributed by atoms with E-state index in [1.54, 1.807) is 26.2 Å². The van der Waals surface area contributed by atoms with E-state index in [-0.39, 0.29) is 5.91 Å². The summed E-state index contributed by atoms with van der Waals surface area (Å²) in [5, 5.41) is 2.81. The number of carbonyl (C=O) groups is 2. The van der Waals surface area contributed by atoms with Crippen molar-refractivity contribution in [2.24, 2.45) is 0 Å². The van der Waals surface area contributed by atoms with E-state index in [1.807, 2.05) is 36.4 Å². The first-order chi connectivity index (χ1) is 15.0. The molecule has 31 heavy (non-hydrogen) atoms. The van der Waals surface area contributed by atoms with Gasteiger partial charge in [0.15, 0.2) is 6.10 Å². The highest BCUT2D eigenvalue weighted by Crippen LogP contribution is 2.11. The molecule has 2 N–H and O–H groups in total. The van der Waals surface area contributed by atoms with E-state index in [1.165, 1.54) is 4.90 Å². The maximum atomic E-state index is 12.4. The maximum absolute atomic E-state index is 12.4. The summed E-state index contributed by atoms with van der Waals surface area (Å²) in [4.78, 5) is 26.1. The van der Waals surface area contributed by atoms with Crippen LogP contribution in [-0.2, 0) is 27.2 Å². The van der Waals surface area contributed by atoms with Crippen molar-refractivity contribution in [1.29, 1.82) is 0 Å². The number of esters is 1. The van der Waals surface area contributed by atoms with Gasteiger partial charge in [0, 0.05) is 12.1 Å². The van der Waals surface area contributed by atoms with Crippen molar-refractivity contribution in [2.75, 3.05) is 40.0 Å². The van der Waals surface area contributed by atoms with Crippen LogP contribution in [0, 0.1) is 0 Å². The summed E-state index contributed by atoms with van der Waals surface area (Å²) in [5.41, 5.74) is 2.70. The Balaban J connectivity index is 1.41. The first-order valence-electron chi connectivity index (χ1n) is 10.7. The minimum absolute atomic E-state index is 0.311. The Bertz CT molecular complexity index is 845. The first kappa shape index (κ1) is 22.8. The van der Waals surface area contributed by atoms with Crippen LogP contribution in [0.1, 0.15) is 28.4 Å². The number of quaternary nitrogens is 1. The molecule has 0 radical (unpaired) electrons. The van der Waals surface area contributed by atoms with Gasteiger partial charge in [0.05, 0.1) is 25.9 Å². The number of hydrogen-bond donors (Lipinski definition) is 2. The highest BCUT2D eigenvalue weighted by molar-refractivity contribution is 5.92. The maximum Gasteiger partial charge on any atom is 0.338 e. The quantitative estimate of drug-likeness (QED) is 0.584. The van der Waals surface area contributed by atoms with Crippen LogP contribution in [0.2, 0.25) is 0 Å². The molecule has 1 fully saturated rings. The Labute approximate surface area is 183 Å². The van der Waals surface area contributed by atoms with Crippen molar-refractivity contribution in [3.63, 3.8) is 0 Å². The van der Waals surface area contributed by atoms with E-state index in [0.29, 0.717) is 18.5 Å². The molecule has 2 aromatic carbocycles. The molecule has 1 heterocycles. The second-order valence-corrected chi connectivity index (χ2v) is 7.67. The molecule has 0 saturated carbocycles. The zero-order chi connectivity index (χ0) is 22.1. The molecule has 2 aromatic rings. The number of morpholine rings is 1. The van der Waals surface area contributed by atoms with Gasteiger partial charge in [-0.05, 0) is 43.2 Å². The minimum Gasteiger partial charge on any atom is -0.497 e. The van der Waals surface area contributed by atoms with Gasteiger partial charge in [-0.25, -0.2) is 4.79 Å². The number of amides is 1. The summed E-state index contributed by atoms with van der Waals surface area (Å²) in [7, 11) is 1.62. The van der Waals surface area contributed by atoms with Crippen molar-refractivity contribution >= 4 is 11.9 Å². The van der Waals surface area contributed by atoms with Gasteiger partial charge in [-0.1, -0.05) is 24.3 Å². The lowest BCUT2D eigenvalue weighted by atomic mass is 10.1. The molecule has 1 atom stereocenters. The van der Waals surface area contributed by atoms with Gasteiger partial charge in [0.2, 0.25) is 0 Å². The van der Waals surface area contributed by atoms with Gasteiger partial charge in [-0.15, -0.1) is 0 Å². The zero-order valence-electron chi connectivity index (χ0n) is 18.2. The lowest BCUT2D eigenvalue weighted by molar-refractivity contribution is -0.921. The summed E-state index contributed by atoms with van der Waals surface area (Å²) in [5.74, 6) is -0.0128. The number of ether oxygens (including phenoxy) is 3. The van der Waals surface area contributed by atoms with Gasteiger partial charge >= 0.3 is 5.97 Å². The van der Waals surface area contributed by atoms with E-state index in [0.717, 1.165) is 49.7 Å². The Hall–Kier alpha value is -2.90. The van der Waals surface area contributed by atoms with Crippen LogP contribution >= 0.6 is 0 Å². The van der Waals surface area contributed by atoms with E-state index in [2.05, 4.69) is 5.32 Å². The third-order valence-corrected chi connectivity index (χ3v) is 5.37. The van der Waals surface area contributed by atoms with Crippen LogP contribution < -0.4 is 15.0 Å². The molecule has 0 unspecified atom stereocenters. The average Bonchev–Trinajstić information content (AvgIpc) is 2.80. The molecule has 7 heteroatoms. The summed E-state index contributed by atoms with van der Waals surface area (Å²) in [6.45, 7) is 6.53. The molecule has 7 nitrogen and oxygen atoms in total. The van der Waals surface area contributed by atoms with Gasteiger partial charge in [-0.2, -0.15) is 0 Å². The monoisotopic (exact) mass is 427 g/mol. The van der Waals surface area contributed by atoms with Crippen molar-refractivity contribution in [1.82, 2.24) is 5.32 Å². The van der Waals surface area contributed by atoms with E-state index in [9.17, 15) is 9.59 Å². The van der Waals surface area contributed by atoms with E-state index >= 15 is 0 Å². The fraction of sp³-hybridized carbons (Fsp3) is 0.417. The molecular weight excluding hydrogens is 396 g/mol. The number of benzene rings is 2. The van der Waals surface area contributed by atoms with Crippen molar-refractivity contribution < 1.29 is 28.7 Å². The largest absolute Gasteiger partial charge is 0.497 e. The van der Waals surface area contributed by atoms with E-state index < -0.39 is 12.1 Å². The van der Waals surface area contributed by atoms with Gasteiger partial charge in [0.25, 0.3) is 5.91 Å². The average molecular weight is 428 g/mol. The molecule has 1 saturated heterocycles. The summed E-state index contributed by atoms with van der Waals surface area (Å²) < 4.78 is 15.8. The summed E-state index contributed by atoms with van der Waals surface area (Å²) in [6, 6.07) is 15.1. The predicted molar refractivity (Wildman–Crippen MR) is 116 cm³/mol. The lowest BCUT2D eigenvalue weighted by Crippen LogP contribution is -3.12. The zero-order valence-corrected chi connectivity index (χ0v) is 18.2. The lowest BCUT2D eigenvalue weighted by Gasteiger charge is -2.23. The molecule has 166 valence electrons. The molecule has 0 bridgehead atoms. The number of rotatable bonds is 9. The number of methoxy groups -OCH3 is 1. The Morgan fingerprint density at radius 2 is 1.68 bits per heavy atom. The Kier molecular flexibility index (Phi) is 8.44. The van der Waals surface area contributed by atoms with Crippen LogP contribution in [0.5, 0.6) is 5.75 Å². The highest BCUT2D eigenvalue weighted by atomic mass is 16.5. The minimum atomic E-state index is -0.860. The van der Waals surface area contributed by atoms with Crippen LogP contribution in [0.4, 0.5) is 0 Å². The highest BCUT2D eigenvalue weighted by Gasteiger charge is 2.19. The first-order valence-corrected chi connectivity index (χ1v) is 10.7. The SMILES string of the molecule is COc1ccc(CCNC(=O)[C@@H](C)OC(=O)c2ccc(C[NH+]3CCOCC3)cc2)cc1. The second-order valence-electron chi connectivity index (χ2n) is 7.67. The molecule has 1 aliphatic rings.